The summed E-state index contributed by atoms with van der Waals surface area (Å²) in [4.78, 5) is 26.1. The number of carbonyl (C=O) groups excluding carboxylic acids is 2. The molecule has 0 saturated heterocycles. The van der Waals surface area contributed by atoms with E-state index in [9.17, 15) is 14.9 Å². The summed E-state index contributed by atoms with van der Waals surface area (Å²) in [7, 11) is 0. The van der Waals surface area contributed by atoms with E-state index < -0.39 is 0 Å². The summed E-state index contributed by atoms with van der Waals surface area (Å²) in [6, 6.07) is 19.0. The first-order valence-corrected chi connectivity index (χ1v) is 10.7. The third kappa shape index (κ3) is 4.38. The standard InChI is InChI=1S/C23H18ClN3O2S/c24-17-6-3-5-15(11-17)20-12-19(21(13-25)30-20)26-22(28)9-8-16-10-14-4-1-2-7-18(14)27-23(16)29/h1-7,11-12,16H,8-10H2,(H,26,28)(H,27,29)/t16-/m1/s1. The number of nitriles is 1. The number of anilines is 2. The largest absolute Gasteiger partial charge is 0.326 e. The van der Waals surface area contributed by atoms with Crippen molar-refractivity contribution in [3.8, 4) is 16.5 Å². The average molecular weight is 436 g/mol. The lowest BCUT2D eigenvalue weighted by atomic mass is 9.89. The van der Waals surface area contributed by atoms with Crippen molar-refractivity contribution in [2.24, 2.45) is 5.92 Å². The summed E-state index contributed by atoms with van der Waals surface area (Å²) in [5.74, 6) is -0.517. The van der Waals surface area contributed by atoms with Crippen LogP contribution in [0.2, 0.25) is 5.02 Å². The van der Waals surface area contributed by atoms with Crippen molar-refractivity contribution in [1.82, 2.24) is 0 Å². The van der Waals surface area contributed by atoms with Gasteiger partial charge < -0.3 is 10.6 Å². The maximum absolute atomic E-state index is 12.5. The number of halogens is 1. The van der Waals surface area contributed by atoms with Crippen molar-refractivity contribution in [1.29, 1.82) is 5.26 Å². The first-order chi connectivity index (χ1) is 14.5. The maximum atomic E-state index is 12.5. The minimum absolute atomic E-state index is 0.0574. The maximum Gasteiger partial charge on any atom is 0.227 e. The van der Waals surface area contributed by atoms with Crippen LogP contribution >= 0.6 is 22.9 Å². The Labute approximate surface area is 183 Å². The molecule has 0 fully saturated rings. The lowest BCUT2D eigenvalue weighted by Gasteiger charge is -2.24. The van der Waals surface area contributed by atoms with Crippen LogP contribution in [0, 0.1) is 17.2 Å². The van der Waals surface area contributed by atoms with Gasteiger partial charge in [-0.05, 0) is 48.2 Å². The van der Waals surface area contributed by atoms with E-state index in [1.165, 1.54) is 11.3 Å². The quantitative estimate of drug-likeness (QED) is 0.557. The van der Waals surface area contributed by atoms with E-state index in [2.05, 4.69) is 16.7 Å². The molecule has 3 aromatic rings. The minimum Gasteiger partial charge on any atom is -0.326 e. The van der Waals surface area contributed by atoms with Crippen LogP contribution in [0.15, 0.2) is 54.6 Å². The predicted molar refractivity (Wildman–Crippen MR) is 120 cm³/mol. The van der Waals surface area contributed by atoms with Gasteiger partial charge in [0.2, 0.25) is 11.8 Å². The Morgan fingerprint density at radius 2 is 2.07 bits per heavy atom. The molecule has 2 amide bonds. The van der Waals surface area contributed by atoms with Crippen LogP contribution in [0.25, 0.3) is 10.4 Å². The van der Waals surface area contributed by atoms with Gasteiger partial charge in [0, 0.05) is 27.9 Å². The van der Waals surface area contributed by atoms with Crippen LogP contribution in [0.4, 0.5) is 11.4 Å². The fraction of sp³-hybridized carbons (Fsp3) is 0.174. The predicted octanol–water partition coefficient (Wildman–Crippen LogP) is 5.47. The van der Waals surface area contributed by atoms with Gasteiger partial charge in [-0.25, -0.2) is 0 Å². The Bertz CT molecular complexity index is 1170. The molecule has 5 nitrogen and oxygen atoms in total. The van der Waals surface area contributed by atoms with Gasteiger partial charge in [-0.15, -0.1) is 11.3 Å². The van der Waals surface area contributed by atoms with Crippen molar-refractivity contribution in [3.05, 3.63) is 70.1 Å². The summed E-state index contributed by atoms with van der Waals surface area (Å²) < 4.78 is 0. The highest BCUT2D eigenvalue weighted by Gasteiger charge is 2.26. The molecule has 1 aromatic heterocycles. The summed E-state index contributed by atoms with van der Waals surface area (Å²) in [6.07, 6.45) is 1.27. The van der Waals surface area contributed by atoms with Crippen molar-refractivity contribution in [3.63, 3.8) is 0 Å². The highest BCUT2D eigenvalue weighted by Crippen LogP contribution is 2.35. The zero-order chi connectivity index (χ0) is 21.1. The van der Waals surface area contributed by atoms with E-state index in [-0.39, 0.29) is 24.2 Å². The van der Waals surface area contributed by atoms with E-state index in [4.69, 9.17) is 11.6 Å². The number of para-hydroxylation sites is 1. The molecule has 7 heteroatoms. The second-order valence-electron chi connectivity index (χ2n) is 7.11. The van der Waals surface area contributed by atoms with Gasteiger partial charge in [0.15, 0.2) is 0 Å². The molecule has 2 aromatic carbocycles. The summed E-state index contributed by atoms with van der Waals surface area (Å²) >= 11 is 7.36. The first kappa shape index (κ1) is 20.1. The van der Waals surface area contributed by atoms with Gasteiger partial charge in [0.05, 0.1) is 5.69 Å². The molecule has 1 atom stereocenters. The Morgan fingerprint density at radius 3 is 2.87 bits per heavy atom. The molecule has 0 radical (unpaired) electrons. The van der Waals surface area contributed by atoms with E-state index in [1.807, 2.05) is 42.5 Å². The van der Waals surface area contributed by atoms with Crippen LogP contribution in [0.1, 0.15) is 23.3 Å². The van der Waals surface area contributed by atoms with Crippen LogP contribution < -0.4 is 10.6 Å². The zero-order valence-electron chi connectivity index (χ0n) is 15.9. The highest BCUT2D eigenvalue weighted by atomic mass is 35.5. The molecule has 150 valence electrons. The third-order valence-corrected chi connectivity index (χ3v) is 6.37. The Balaban J connectivity index is 1.41. The van der Waals surface area contributed by atoms with Crippen LogP contribution in [0.3, 0.4) is 0 Å². The van der Waals surface area contributed by atoms with Crippen LogP contribution in [-0.2, 0) is 16.0 Å². The van der Waals surface area contributed by atoms with Gasteiger partial charge >= 0.3 is 0 Å². The molecule has 0 aliphatic carbocycles. The molecule has 2 heterocycles. The highest BCUT2D eigenvalue weighted by molar-refractivity contribution is 7.16. The number of hydrogen-bond acceptors (Lipinski definition) is 4. The number of amides is 2. The minimum atomic E-state index is -0.245. The van der Waals surface area contributed by atoms with Gasteiger partial charge in [0.25, 0.3) is 0 Å². The normalized spacial score (nSPS) is 15.1. The number of fused-ring (bicyclic) bond motifs is 1. The average Bonchev–Trinajstić information content (AvgIpc) is 3.15. The number of nitrogens with zero attached hydrogens (tertiary/aromatic N) is 1. The SMILES string of the molecule is N#Cc1sc(-c2cccc(Cl)c2)cc1NC(=O)CC[C@@H]1Cc2ccccc2NC1=O. The van der Waals surface area contributed by atoms with E-state index in [0.717, 1.165) is 21.7 Å². The van der Waals surface area contributed by atoms with Gasteiger partial charge in [0.1, 0.15) is 10.9 Å². The summed E-state index contributed by atoms with van der Waals surface area (Å²) in [6.45, 7) is 0. The fourth-order valence-electron chi connectivity index (χ4n) is 3.52. The molecule has 1 aliphatic rings. The molecule has 30 heavy (non-hydrogen) atoms. The molecular formula is C23H18ClN3O2S. The number of hydrogen-bond donors (Lipinski definition) is 2. The fourth-order valence-corrected chi connectivity index (χ4v) is 4.61. The lowest BCUT2D eigenvalue weighted by Crippen LogP contribution is -2.30. The number of carbonyl (C=O) groups is 2. The molecule has 4 rings (SSSR count). The number of rotatable bonds is 5. The Morgan fingerprint density at radius 1 is 1.23 bits per heavy atom. The van der Waals surface area contributed by atoms with Crippen molar-refractivity contribution in [2.75, 3.05) is 10.6 Å². The van der Waals surface area contributed by atoms with Crippen LogP contribution in [0.5, 0.6) is 0 Å². The monoisotopic (exact) mass is 435 g/mol. The number of benzene rings is 2. The summed E-state index contributed by atoms with van der Waals surface area (Å²) in [5, 5.41) is 15.8. The molecule has 0 saturated carbocycles. The van der Waals surface area contributed by atoms with Gasteiger partial charge in [-0.1, -0.05) is 41.9 Å². The molecule has 0 bridgehead atoms. The molecule has 1 aliphatic heterocycles. The van der Waals surface area contributed by atoms with Gasteiger partial charge in [-0.3, -0.25) is 9.59 Å². The van der Waals surface area contributed by atoms with Crippen molar-refractivity contribution >= 4 is 46.1 Å². The van der Waals surface area contributed by atoms with Crippen LogP contribution in [-0.4, -0.2) is 11.8 Å². The zero-order valence-corrected chi connectivity index (χ0v) is 17.5. The first-order valence-electron chi connectivity index (χ1n) is 9.52. The lowest BCUT2D eigenvalue weighted by molar-refractivity contribution is -0.121. The van der Waals surface area contributed by atoms with Gasteiger partial charge in [-0.2, -0.15) is 5.26 Å². The molecular weight excluding hydrogens is 418 g/mol. The smallest absolute Gasteiger partial charge is 0.227 e. The van der Waals surface area contributed by atoms with Crippen molar-refractivity contribution in [2.45, 2.75) is 19.3 Å². The second kappa shape index (κ2) is 8.70. The molecule has 0 spiro atoms. The number of nitrogens with one attached hydrogen (secondary N) is 2. The summed E-state index contributed by atoms with van der Waals surface area (Å²) in [5.41, 5.74) is 3.30. The van der Waals surface area contributed by atoms with Crippen molar-refractivity contribution < 1.29 is 9.59 Å². The second-order valence-corrected chi connectivity index (χ2v) is 8.60. The Hall–Kier alpha value is -3.14. The van der Waals surface area contributed by atoms with E-state index in [1.54, 1.807) is 12.1 Å². The van der Waals surface area contributed by atoms with E-state index >= 15 is 0 Å². The topological polar surface area (TPSA) is 82.0 Å². The molecule has 0 unspecified atom stereocenters. The number of thiophene rings is 1. The van der Waals surface area contributed by atoms with E-state index in [0.29, 0.717) is 28.4 Å². The Kier molecular flexibility index (Phi) is 5.84. The molecule has 2 N–H and O–H groups in total. The third-order valence-electron chi connectivity index (χ3n) is 5.05.